The van der Waals surface area contributed by atoms with Crippen molar-refractivity contribution in [3.05, 3.63) is 44.6 Å². The van der Waals surface area contributed by atoms with Gasteiger partial charge in [-0.15, -0.1) is 0 Å². The van der Waals surface area contributed by atoms with Crippen LogP contribution in [-0.2, 0) is 0 Å². The van der Waals surface area contributed by atoms with Gasteiger partial charge in [-0.05, 0) is 53.5 Å². The minimum atomic E-state index is -0.206. The molecule has 6 heteroatoms. The van der Waals surface area contributed by atoms with Gasteiger partial charge in [-0.1, -0.05) is 15.9 Å². The zero-order chi connectivity index (χ0) is 14.0. The van der Waals surface area contributed by atoms with E-state index in [1.165, 1.54) is 4.68 Å². The molecule has 2 aromatic rings. The predicted molar refractivity (Wildman–Crippen MR) is 79.7 cm³/mol. The molecule has 0 radical (unpaired) electrons. The molecular weight excluding hydrogens is 376 g/mol. The summed E-state index contributed by atoms with van der Waals surface area (Å²) in [5, 5.41) is 4.05. The average Bonchev–Trinajstić information content (AvgIpc) is 2.74. The Hall–Kier alpha value is -1.14. The minimum Gasteiger partial charge on any atom is -0.482 e. The number of hydrogen-bond donors (Lipinski definition) is 0. The number of benzene rings is 1. The van der Waals surface area contributed by atoms with Gasteiger partial charge in [0.1, 0.15) is 5.75 Å². The summed E-state index contributed by atoms with van der Waals surface area (Å²) in [4.78, 5) is 11.9. The highest BCUT2D eigenvalue weighted by atomic mass is 79.9. The van der Waals surface area contributed by atoms with E-state index in [0.717, 1.165) is 20.2 Å². The van der Waals surface area contributed by atoms with Crippen LogP contribution in [0.25, 0.3) is 0 Å². The maximum atomic E-state index is 11.9. The summed E-state index contributed by atoms with van der Waals surface area (Å²) in [6, 6.07) is 5.59. The number of halogens is 2. The first-order chi connectivity index (χ1) is 8.97. The number of hydrogen-bond acceptors (Lipinski definition) is 3. The standard InChI is InChI=1S/C13H12Br2N2O2/c1-8-5-10(14)6-11(15)13(8)19-7-12(18)17-4-3-9(2)16-17/h3-6H,7H2,1-2H3. The molecule has 19 heavy (non-hydrogen) atoms. The van der Waals surface area contributed by atoms with Gasteiger partial charge in [-0.25, -0.2) is 4.68 Å². The van der Waals surface area contributed by atoms with Crippen molar-refractivity contribution in [2.24, 2.45) is 0 Å². The van der Waals surface area contributed by atoms with Crippen LogP contribution in [-0.4, -0.2) is 22.3 Å². The quantitative estimate of drug-likeness (QED) is 0.805. The smallest absolute Gasteiger partial charge is 0.284 e. The molecule has 1 aromatic heterocycles. The lowest BCUT2D eigenvalue weighted by Crippen LogP contribution is -2.20. The third kappa shape index (κ3) is 3.45. The van der Waals surface area contributed by atoms with Crippen molar-refractivity contribution in [1.82, 2.24) is 9.78 Å². The molecule has 1 aromatic carbocycles. The molecule has 0 atom stereocenters. The Morgan fingerprint density at radius 1 is 1.37 bits per heavy atom. The first-order valence-corrected chi connectivity index (χ1v) is 7.20. The lowest BCUT2D eigenvalue weighted by molar-refractivity contribution is 0.0819. The second-order valence-electron chi connectivity index (χ2n) is 4.12. The Morgan fingerprint density at radius 3 is 2.68 bits per heavy atom. The SMILES string of the molecule is Cc1ccn(C(=O)COc2c(C)cc(Br)cc2Br)n1. The molecule has 0 aliphatic heterocycles. The molecule has 0 saturated heterocycles. The van der Waals surface area contributed by atoms with Crippen LogP contribution in [0.15, 0.2) is 33.3 Å². The largest absolute Gasteiger partial charge is 0.482 e. The summed E-state index contributed by atoms with van der Waals surface area (Å²) >= 11 is 6.82. The Bertz CT molecular complexity index is 600. The summed E-state index contributed by atoms with van der Waals surface area (Å²) in [7, 11) is 0. The van der Waals surface area contributed by atoms with Gasteiger partial charge in [0.25, 0.3) is 5.91 Å². The van der Waals surface area contributed by atoms with E-state index < -0.39 is 0 Å². The van der Waals surface area contributed by atoms with E-state index in [2.05, 4.69) is 37.0 Å². The van der Waals surface area contributed by atoms with E-state index in [-0.39, 0.29) is 12.5 Å². The van der Waals surface area contributed by atoms with E-state index in [9.17, 15) is 4.79 Å². The van der Waals surface area contributed by atoms with Gasteiger partial charge in [-0.3, -0.25) is 4.79 Å². The van der Waals surface area contributed by atoms with E-state index in [1.807, 2.05) is 26.0 Å². The number of nitrogens with zero attached hydrogens (tertiary/aromatic N) is 2. The van der Waals surface area contributed by atoms with Crippen LogP contribution in [0.2, 0.25) is 0 Å². The highest BCUT2D eigenvalue weighted by Gasteiger charge is 2.11. The summed E-state index contributed by atoms with van der Waals surface area (Å²) in [5.74, 6) is 0.461. The number of rotatable bonds is 3. The van der Waals surface area contributed by atoms with Crippen LogP contribution >= 0.6 is 31.9 Å². The van der Waals surface area contributed by atoms with Gasteiger partial charge in [0.2, 0.25) is 0 Å². The number of ether oxygens (including phenoxy) is 1. The molecular formula is C13H12Br2N2O2. The molecule has 0 spiro atoms. The van der Waals surface area contributed by atoms with Crippen LogP contribution in [0.3, 0.4) is 0 Å². The summed E-state index contributed by atoms with van der Waals surface area (Å²) < 4.78 is 8.62. The normalized spacial score (nSPS) is 10.5. The first kappa shape index (κ1) is 14.3. The van der Waals surface area contributed by atoms with Crippen LogP contribution in [0.5, 0.6) is 5.75 Å². The number of carbonyl (C=O) groups excluding carboxylic acids is 1. The van der Waals surface area contributed by atoms with Crippen molar-refractivity contribution < 1.29 is 9.53 Å². The van der Waals surface area contributed by atoms with Crippen molar-refractivity contribution in [2.45, 2.75) is 13.8 Å². The fourth-order valence-electron chi connectivity index (χ4n) is 1.63. The average molecular weight is 388 g/mol. The molecule has 4 nitrogen and oxygen atoms in total. The van der Waals surface area contributed by atoms with E-state index >= 15 is 0 Å². The second-order valence-corrected chi connectivity index (χ2v) is 5.89. The van der Waals surface area contributed by atoms with Crippen LogP contribution in [0.1, 0.15) is 16.1 Å². The highest BCUT2D eigenvalue weighted by Crippen LogP contribution is 2.32. The van der Waals surface area contributed by atoms with E-state index in [1.54, 1.807) is 12.3 Å². The first-order valence-electron chi connectivity index (χ1n) is 5.61. The third-order valence-electron chi connectivity index (χ3n) is 2.51. The van der Waals surface area contributed by atoms with Gasteiger partial charge < -0.3 is 4.74 Å². The van der Waals surface area contributed by atoms with Crippen LogP contribution in [0, 0.1) is 13.8 Å². The zero-order valence-corrected chi connectivity index (χ0v) is 13.7. The number of aryl methyl sites for hydroxylation is 2. The van der Waals surface area contributed by atoms with E-state index in [0.29, 0.717) is 5.75 Å². The van der Waals surface area contributed by atoms with Crippen LogP contribution < -0.4 is 4.74 Å². The van der Waals surface area contributed by atoms with Crippen molar-refractivity contribution in [1.29, 1.82) is 0 Å². The minimum absolute atomic E-state index is 0.0534. The molecule has 0 unspecified atom stereocenters. The van der Waals surface area contributed by atoms with Crippen molar-refractivity contribution in [3.8, 4) is 5.75 Å². The number of carbonyl (C=O) groups is 1. The Labute approximate surface area is 128 Å². The monoisotopic (exact) mass is 386 g/mol. The maximum absolute atomic E-state index is 11.9. The molecule has 1 heterocycles. The molecule has 0 amide bonds. The van der Waals surface area contributed by atoms with Crippen molar-refractivity contribution in [2.75, 3.05) is 6.61 Å². The fourth-order valence-corrected chi connectivity index (χ4v) is 3.18. The molecule has 0 fully saturated rings. The topological polar surface area (TPSA) is 44.1 Å². The zero-order valence-electron chi connectivity index (χ0n) is 10.5. The Balaban J connectivity index is 2.09. The molecule has 0 aliphatic rings. The maximum Gasteiger partial charge on any atom is 0.284 e. The highest BCUT2D eigenvalue weighted by molar-refractivity contribution is 9.11. The molecule has 2 rings (SSSR count). The lowest BCUT2D eigenvalue weighted by atomic mass is 10.2. The predicted octanol–water partition coefficient (Wildman–Crippen LogP) is 3.74. The second kappa shape index (κ2) is 5.88. The third-order valence-corrected chi connectivity index (χ3v) is 3.56. The number of aromatic nitrogens is 2. The molecule has 0 aliphatic carbocycles. The van der Waals surface area contributed by atoms with Gasteiger partial charge in [0.05, 0.1) is 10.2 Å². The lowest BCUT2D eigenvalue weighted by Gasteiger charge is -2.11. The summed E-state index contributed by atoms with van der Waals surface area (Å²) in [5.41, 5.74) is 1.75. The summed E-state index contributed by atoms with van der Waals surface area (Å²) in [6.45, 7) is 3.70. The molecule has 0 saturated carbocycles. The van der Waals surface area contributed by atoms with Gasteiger partial charge in [0.15, 0.2) is 6.61 Å². The van der Waals surface area contributed by atoms with E-state index in [4.69, 9.17) is 4.74 Å². The van der Waals surface area contributed by atoms with Crippen molar-refractivity contribution in [3.63, 3.8) is 0 Å². The van der Waals surface area contributed by atoms with Gasteiger partial charge in [0, 0.05) is 10.7 Å². The molecule has 0 N–H and O–H groups in total. The molecule has 0 bridgehead atoms. The Morgan fingerprint density at radius 2 is 2.11 bits per heavy atom. The fraction of sp³-hybridized carbons (Fsp3) is 0.231. The van der Waals surface area contributed by atoms with Crippen molar-refractivity contribution >= 4 is 37.8 Å². The Kier molecular flexibility index (Phi) is 4.42. The van der Waals surface area contributed by atoms with Gasteiger partial charge in [-0.2, -0.15) is 5.10 Å². The van der Waals surface area contributed by atoms with Crippen LogP contribution in [0.4, 0.5) is 0 Å². The van der Waals surface area contributed by atoms with Gasteiger partial charge >= 0.3 is 0 Å². The summed E-state index contributed by atoms with van der Waals surface area (Å²) in [6.07, 6.45) is 1.63. The molecule has 100 valence electrons.